The Morgan fingerprint density at radius 1 is 0.653 bits per heavy atom. The maximum Gasteiger partial charge on any atom is 0.251 e. The first-order valence-corrected chi connectivity index (χ1v) is 15.7. The minimum atomic E-state index is -0.246. The van der Waals surface area contributed by atoms with Crippen molar-refractivity contribution in [1.82, 2.24) is 25.6 Å². The fourth-order valence-corrected chi connectivity index (χ4v) is 3.89. The number of nitrogens with one attached hydrogen (secondary N) is 5. The highest BCUT2D eigenvalue weighted by atomic mass is 16.5. The van der Waals surface area contributed by atoms with E-state index in [1.165, 1.54) is 0 Å². The van der Waals surface area contributed by atoms with Crippen LogP contribution in [0, 0.1) is 0 Å². The van der Waals surface area contributed by atoms with Gasteiger partial charge in [-0.05, 0) is 41.9 Å². The Labute approximate surface area is 283 Å². The van der Waals surface area contributed by atoms with E-state index in [4.69, 9.17) is 24.5 Å². The molecule has 0 saturated carbocycles. The quantitative estimate of drug-likeness (QED) is 0.0308. The number of ether oxygens (including phenoxy) is 4. The first-order chi connectivity index (χ1) is 24.1. The molecule has 2 aromatic carbocycles. The largest absolute Gasteiger partial charge is 0.395 e. The zero-order valence-corrected chi connectivity index (χ0v) is 27.2. The molecule has 0 aliphatic heterocycles. The van der Waals surface area contributed by atoms with Gasteiger partial charge in [-0.1, -0.05) is 23.3 Å². The van der Waals surface area contributed by atoms with Crippen molar-refractivity contribution in [3.05, 3.63) is 76.2 Å². The summed E-state index contributed by atoms with van der Waals surface area (Å²) in [7, 11) is 0. The minimum absolute atomic E-state index is 0.100. The normalized spacial score (nSPS) is 10.6. The average Bonchev–Trinajstić information content (AvgIpc) is 3.12. The number of benzene rings is 2. The van der Waals surface area contributed by atoms with Gasteiger partial charge in [-0.2, -0.15) is 15.0 Å². The zero-order valence-electron chi connectivity index (χ0n) is 27.2. The summed E-state index contributed by atoms with van der Waals surface area (Å²) in [4.78, 5) is 40.2. The summed E-state index contributed by atoms with van der Waals surface area (Å²) in [5, 5.41) is 27.3. The molecule has 1 aromatic heterocycles. The minimum Gasteiger partial charge on any atom is -0.395 e. The maximum absolute atomic E-state index is 12.5. The van der Waals surface area contributed by atoms with E-state index < -0.39 is 0 Å². The van der Waals surface area contributed by atoms with Gasteiger partial charge >= 0.3 is 0 Å². The van der Waals surface area contributed by atoms with Crippen molar-refractivity contribution in [2.45, 2.75) is 0 Å². The predicted molar refractivity (Wildman–Crippen MR) is 182 cm³/mol. The Hall–Kier alpha value is -5.10. The molecule has 0 atom stereocenters. The van der Waals surface area contributed by atoms with Crippen LogP contribution in [0.5, 0.6) is 0 Å². The van der Waals surface area contributed by atoms with Gasteiger partial charge in [0.05, 0.1) is 59.5 Å². The summed E-state index contributed by atoms with van der Waals surface area (Å²) in [5.74, 6) is 0.424. The van der Waals surface area contributed by atoms with Crippen LogP contribution in [0.4, 0.5) is 23.5 Å². The van der Waals surface area contributed by atoms with E-state index in [1.54, 1.807) is 36.4 Å². The van der Waals surface area contributed by atoms with Crippen molar-refractivity contribution in [2.75, 3.05) is 108 Å². The van der Waals surface area contributed by atoms with Crippen LogP contribution < -0.4 is 26.6 Å². The second kappa shape index (κ2) is 24.1. The van der Waals surface area contributed by atoms with Gasteiger partial charge in [-0.25, -0.2) is 0 Å². The molecule has 3 aromatic rings. The molecule has 18 nitrogen and oxygen atoms in total. The van der Waals surface area contributed by atoms with Gasteiger partial charge in [0.25, 0.3) is 11.8 Å². The zero-order chi connectivity index (χ0) is 34.8. The molecule has 0 unspecified atom stereocenters. The molecular formula is C31H43N11O7. The van der Waals surface area contributed by atoms with E-state index in [2.05, 4.69) is 51.6 Å². The summed E-state index contributed by atoms with van der Waals surface area (Å²) in [5.41, 5.74) is 9.92. The standard InChI is InChI=1S/C31H43N11O7/c32-42-37-14-19-49-23-22-47-17-12-34-28(45)25-6-8-26(9-7-25)38-31-40-29(35-10-15-43)39-30(41-31)36-13-18-48-21-20-46-16-11-33-27(44)24-4-2-1-3-5-24/h1-9,43H,10-23H2,(H,33,44)(H,34,45)(H3,35,36,38,39,40,41). The van der Waals surface area contributed by atoms with Crippen molar-refractivity contribution in [3.8, 4) is 0 Å². The molecular weight excluding hydrogens is 638 g/mol. The molecule has 0 fully saturated rings. The van der Waals surface area contributed by atoms with Crippen LogP contribution in [0.25, 0.3) is 10.4 Å². The van der Waals surface area contributed by atoms with Crippen molar-refractivity contribution in [1.29, 1.82) is 0 Å². The Morgan fingerprint density at radius 2 is 1.16 bits per heavy atom. The Kier molecular flexibility index (Phi) is 18.9. The highest BCUT2D eigenvalue weighted by molar-refractivity contribution is 5.94. The molecule has 264 valence electrons. The lowest BCUT2D eigenvalue weighted by Gasteiger charge is -2.12. The first kappa shape index (κ1) is 38.3. The third-order valence-corrected chi connectivity index (χ3v) is 6.21. The van der Waals surface area contributed by atoms with Crippen LogP contribution in [0.2, 0.25) is 0 Å². The molecule has 0 spiro atoms. The number of rotatable bonds is 26. The van der Waals surface area contributed by atoms with E-state index in [0.29, 0.717) is 95.3 Å². The average molecular weight is 682 g/mol. The van der Waals surface area contributed by atoms with Gasteiger partial charge < -0.3 is 50.6 Å². The summed E-state index contributed by atoms with van der Waals surface area (Å²) >= 11 is 0. The number of nitrogens with zero attached hydrogens (tertiary/aromatic N) is 6. The van der Waals surface area contributed by atoms with Crippen LogP contribution in [0.3, 0.4) is 0 Å². The lowest BCUT2D eigenvalue weighted by Crippen LogP contribution is -2.27. The number of carbonyl (C=O) groups excluding carboxylic acids is 2. The number of azide groups is 1. The molecule has 0 aliphatic carbocycles. The number of aliphatic hydroxyl groups excluding tert-OH is 1. The summed E-state index contributed by atoms with van der Waals surface area (Å²) in [6.45, 7) is 4.45. The van der Waals surface area contributed by atoms with Crippen molar-refractivity contribution < 1.29 is 33.6 Å². The number of carbonyl (C=O) groups is 2. The van der Waals surface area contributed by atoms with Crippen molar-refractivity contribution in [3.63, 3.8) is 0 Å². The van der Waals surface area contributed by atoms with E-state index in [0.717, 1.165) is 0 Å². The molecule has 0 aliphatic rings. The SMILES string of the molecule is [N-]=[N+]=NCCOCCOCCNC(=O)c1ccc(Nc2nc(NCCO)nc(NCCOCCOCCNC(=O)c3ccccc3)n2)cc1. The summed E-state index contributed by atoms with van der Waals surface area (Å²) < 4.78 is 21.8. The van der Waals surface area contributed by atoms with E-state index in [1.807, 2.05) is 18.2 Å². The number of anilines is 4. The summed E-state index contributed by atoms with van der Waals surface area (Å²) in [6.07, 6.45) is 0. The lowest BCUT2D eigenvalue weighted by atomic mass is 10.2. The predicted octanol–water partition coefficient (Wildman–Crippen LogP) is 1.97. The van der Waals surface area contributed by atoms with E-state index >= 15 is 0 Å². The highest BCUT2D eigenvalue weighted by Crippen LogP contribution is 2.17. The highest BCUT2D eigenvalue weighted by Gasteiger charge is 2.09. The maximum atomic E-state index is 12.5. The fraction of sp³-hybridized carbons (Fsp3) is 0.452. The van der Waals surface area contributed by atoms with Crippen LogP contribution in [0.15, 0.2) is 59.7 Å². The topological polar surface area (TPSA) is 239 Å². The van der Waals surface area contributed by atoms with Crippen LogP contribution in [0.1, 0.15) is 20.7 Å². The van der Waals surface area contributed by atoms with Gasteiger partial charge in [0, 0.05) is 54.4 Å². The molecule has 3 rings (SSSR count). The van der Waals surface area contributed by atoms with E-state index in [9.17, 15) is 14.7 Å². The molecule has 18 heteroatoms. The third kappa shape index (κ3) is 16.5. The number of aromatic nitrogens is 3. The van der Waals surface area contributed by atoms with Gasteiger partial charge in [0.15, 0.2) is 0 Å². The van der Waals surface area contributed by atoms with Gasteiger partial charge in [0.2, 0.25) is 17.8 Å². The van der Waals surface area contributed by atoms with Gasteiger partial charge in [-0.15, -0.1) is 0 Å². The molecule has 2 amide bonds. The molecule has 1 heterocycles. The number of amides is 2. The third-order valence-electron chi connectivity index (χ3n) is 6.21. The van der Waals surface area contributed by atoms with E-state index in [-0.39, 0.29) is 43.4 Å². The molecule has 0 saturated heterocycles. The van der Waals surface area contributed by atoms with Gasteiger partial charge in [-0.3, -0.25) is 9.59 Å². The first-order valence-electron chi connectivity index (χ1n) is 15.7. The molecule has 49 heavy (non-hydrogen) atoms. The molecule has 0 bridgehead atoms. The van der Waals surface area contributed by atoms with Crippen LogP contribution in [-0.4, -0.2) is 124 Å². The Balaban J connectivity index is 1.33. The van der Waals surface area contributed by atoms with Crippen LogP contribution >= 0.6 is 0 Å². The second-order valence-corrected chi connectivity index (χ2v) is 9.87. The number of aliphatic hydroxyl groups is 1. The van der Waals surface area contributed by atoms with Crippen molar-refractivity contribution in [2.24, 2.45) is 5.11 Å². The second-order valence-electron chi connectivity index (χ2n) is 9.87. The summed E-state index contributed by atoms with van der Waals surface area (Å²) in [6, 6.07) is 15.8. The Bertz CT molecular complexity index is 1430. The van der Waals surface area contributed by atoms with Gasteiger partial charge in [0.1, 0.15) is 0 Å². The number of hydrogen-bond donors (Lipinski definition) is 6. The van der Waals surface area contributed by atoms with Crippen molar-refractivity contribution >= 4 is 35.3 Å². The van der Waals surface area contributed by atoms with Crippen LogP contribution in [-0.2, 0) is 18.9 Å². The smallest absolute Gasteiger partial charge is 0.251 e. The molecule has 0 radical (unpaired) electrons. The molecule has 6 N–H and O–H groups in total. The lowest BCUT2D eigenvalue weighted by molar-refractivity contribution is 0.0511. The number of hydrogen-bond acceptors (Lipinski definition) is 14. The monoisotopic (exact) mass is 681 g/mol. The fourth-order valence-electron chi connectivity index (χ4n) is 3.89. The Morgan fingerprint density at radius 3 is 1.73 bits per heavy atom.